The van der Waals surface area contributed by atoms with Crippen LogP contribution in [-0.2, 0) is 0 Å². The van der Waals surface area contributed by atoms with Crippen LogP contribution in [-0.4, -0.2) is 0 Å². The molecule has 0 bridgehead atoms. The van der Waals surface area contributed by atoms with Crippen LogP contribution in [0.3, 0.4) is 0 Å². The minimum Gasteiger partial charge on any atom is -0.198 e. The first-order chi connectivity index (χ1) is 6.12. The first kappa shape index (κ1) is 10.6. The second kappa shape index (κ2) is 4.13. The van der Waals surface area contributed by atoms with E-state index < -0.39 is 0 Å². The van der Waals surface area contributed by atoms with E-state index in [9.17, 15) is 5.26 Å². The topological polar surface area (TPSA) is 23.8 Å². The summed E-state index contributed by atoms with van der Waals surface area (Å²) in [6.45, 7) is 6.76. The van der Waals surface area contributed by atoms with Crippen molar-refractivity contribution in [2.75, 3.05) is 0 Å². The van der Waals surface area contributed by atoms with E-state index in [0.29, 0.717) is 5.92 Å². The van der Waals surface area contributed by atoms with Crippen LogP contribution in [0.25, 0.3) is 0 Å². The molecular formula is C12H21N. The molecule has 13 heavy (non-hydrogen) atoms. The van der Waals surface area contributed by atoms with Gasteiger partial charge in [-0.1, -0.05) is 27.2 Å². The van der Waals surface area contributed by atoms with Crippen molar-refractivity contribution < 1.29 is 0 Å². The monoisotopic (exact) mass is 179 g/mol. The number of nitrogens with zero attached hydrogens (tertiary/aromatic N) is 1. The Labute approximate surface area is 82.1 Å². The Bertz CT molecular complexity index is 204. The van der Waals surface area contributed by atoms with E-state index in [1.54, 1.807) is 0 Å². The van der Waals surface area contributed by atoms with Crippen molar-refractivity contribution in [2.24, 2.45) is 17.3 Å². The Morgan fingerprint density at radius 3 is 2.69 bits per heavy atom. The average Bonchev–Trinajstić information content (AvgIpc) is 2.48. The van der Waals surface area contributed by atoms with Crippen molar-refractivity contribution in [1.82, 2.24) is 0 Å². The molecule has 0 aromatic heterocycles. The summed E-state index contributed by atoms with van der Waals surface area (Å²) in [5, 5.41) is 9.23. The third-order valence-electron chi connectivity index (χ3n) is 3.53. The van der Waals surface area contributed by atoms with Crippen LogP contribution in [0.15, 0.2) is 0 Å². The zero-order chi connectivity index (χ0) is 9.90. The molecule has 0 aliphatic heterocycles. The quantitative estimate of drug-likeness (QED) is 0.647. The highest BCUT2D eigenvalue weighted by atomic mass is 14.4. The fourth-order valence-corrected chi connectivity index (χ4v) is 2.54. The molecule has 0 spiro atoms. The molecule has 74 valence electrons. The summed E-state index contributed by atoms with van der Waals surface area (Å²) in [4.78, 5) is 0. The van der Waals surface area contributed by atoms with Crippen LogP contribution < -0.4 is 0 Å². The van der Waals surface area contributed by atoms with E-state index in [4.69, 9.17) is 0 Å². The van der Waals surface area contributed by atoms with Crippen LogP contribution in [0.4, 0.5) is 0 Å². The summed E-state index contributed by atoms with van der Waals surface area (Å²) in [5.41, 5.74) is 0.0366. The smallest absolute Gasteiger partial charge is 0.0689 e. The first-order valence-electron chi connectivity index (χ1n) is 5.53. The summed E-state index contributed by atoms with van der Waals surface area (Å²) in [5.74, 6) is 1.48. The van der Waals surface area contributed by atoms with Crippen molar-refractivity contribution in [2.45, 2.75) is 52.9 Å². The highest BCUT2D eigenvalue weighted by molar-refractivity contribution is 5.03. The van der Waals surface area contributed by atoms with E-state index in [1.807, 2.05) is 0 Å². The molecule has 1 saturated carbocycles. The molecule has 3 unspecified atom stereocenters. The van der Waals surface area contributed by atoms with Crippen LogP contribution >= 0.6 is 0 Å². The van der Waals surface area contributed by atoms with E-state index >= 15 is 0 Å². The Morgan fingerprint density at radius 1 is 1.62 bits per heavy atom. The minimum atomic E-state index is 0.0366. The molecule has 0 N–H and O–H groups in total. The van der Waals surface area contributed by atoms with Gasteiger partial charge in [-0.25, -0.2) is 0 Å². The highest BCUT2D eigenvalue weighted by Crippen LogP contribution is 2.45. The molecule has 0 saturated heterocycles. The number of nitriles is 1. The lowest BCUT2D eigenvalue weighted by atomic mass is 9.78. The van der Waals surface area contributed by atoms with Gasteiger partial charge in [-0.05, 0) is 37.5 Å². The molecule has 1 aliphatic rings. The fourth-order valence-electron chi connectivity index (χ4n) is 2.54. The summed E-state index contributed by atoms with van der Waals surface area (Å²) in [6, 6.07) is 2.57. The molecule has 0 aromatic carbocycles. The van der Waals surface area contributed by atoms with Gasteiger partial charge in [0.2, 0.25) is 0 Å². The molecule has 1 nitrogen and oxygen atoms in total. The molecule has 1 fully saturated rings. The van der Waals surface area contributed by atoms with Crippen molar-refractivity contribution in [3.8, 4) is 6.07 Å². The lowest BCUT2D eigenvalue weighted by Crippen LogP contribution is -2.17. The van der Waals surface area contributed by atoms with Crippen molar-refractivity contribution in [3.63, 3.8) is 0 Å². The van der Waals surface area contributed by atoms with Gasteiger partial charge in [-0.3, -0.25) is 0 Å². The zero-order valence-electron chi connectivity index (χ0n) is 9.14. The van der Waals surface area contributed by atoms with Gasteiger partial charge < -0.3 is 0 Å². The summed E-state index contributed by atoms with van der Waals surface area (Å²) in [7, 11) is 0. The van der Waals surface area contributed by atoms with E-state index in [-0.39, 0.29) is 5.41 Å². The lowest BCUT2D eigenvalue weighted by molar-refractivity contribution is 0.296. The van der Waals surface area contributed by atoms with Crippen molar-refractivity contribution in [3.05, 3.63) is 0 Å². The van der Waals surface area contributed by atoms with E-state index in [2.05, 4.69) is 26.8 Å². The zero-order valence-corrected chi connectivity index (χ0v) is 9.14. The largest absolute Gasteiger partial charge is 0.198 e. The van der Waals surface area contributed by atoms with Crippen molar-refractivity contribution >= 4 is 0 Å². The predicted octanol–water partition coefficient (Wildman–Crippen LogP) is 3.75. The standard InChI is InChI=1S/C12H21N/c1-4-10(2)7-12(9-13)6-5-11(3)8-12/h10-11H,4-8H2,1-3H3. The molecule has 1 heteroatoms. The van der Waals surface area contributed by atoms with Crippen LogP contribution in [0.5, 0.6) is 0 Å². The van der Waals surface area contributed by atoms with Gasteiger partial charge in [-0.15, -0.1) is 0 Å². The molecule has 0 radical (unpaired) electrons. The normalized spacial score (nSPS) is 35.7. The Hall–Kier alpha value is -0.510. The van der Waals surface area contributed by atoms with E-state index in [1.165, 1.54) is 12.8 Å². The maximum Gasteiger partial charge on any atom is 0.0689 e. The molecule has 3 atom stereocenters. The average molecular weight is 179 g/mol. The van der Waals surface area contributed by atoms with Gasteiger partial charge in [0.15, 0.2) is 0 Å². The molecular weight excluding hydrogens is 158 g/mol. The van der Waals surface area contributed by atoms with Gasteiger partial charge in [0.25, 0.3) is 0 Å². The summed E-state index contributed by atoms with van der Waals surface area (Å²) >= 11 is 0. The van der Waals surface area contributed by atoms with E-state index in [0.717, 1.165) is 25.2 Å². The van der Waals surface area contributed by atoms with Gasteiger partial charge in [0, 0.05) is 0 Å². The van der Waals surface area contributed by atoms with Crippen LogP contribution in [0, 0.1) is 28.6 Å². The van der Waals surface area contributed by atoms with Crippen LogP contribution in [0.1, 0.15) is 52.9 Å². The molecule has 1 aliphatic carbocycles. The second-order valence-electron chi connectivity index (χ2n) is 4.96. The van der Waals surface area contributed by atoms with Gasteiger partial charge in [0.1, 0.15) is 0 Å². The maximum atomic E-state index is 9.23. The Kier molecular flexibility index (Phi) is 3.36. The third-order valence-corrected chi connectivity index (χ3v) is 3.53. The lowest BCUT2D eigenvalue weighted by Gasteiger charge is -2.23. The van der Waals surface area contributed by atoms with Gasteiger partial charge in [-0.2, -0.15) is 5.26 Å². The summed E-state index contributed by atoms with van der Waals surface area (Å²) < 4.78 is 0. The Morgan fingerprint density at radius 2 is 2.31 bits per heavy atom. The number of hydrogen-bond donors (Lipinski definition) is 0. The van der Waals surface area contributed by atoms with Crippen LogP contribution in [0.2, 0.25) is 0 Å². The molecule has 0 heterocycles. The minimum absolute atomic E-state index is 0.0366. The third kappa shape index (κ3) is 2.46. The SMILES string of the molecule is CCC(C)CC1(C#N)CCC(C)C1. The number of hydrogen-bond acceptors (Lipinski definition) is 1. The molecule has 1 rings (SSSR count). The predicted molar refractivity (Wildman–Crippen MR) is 55.1 cm³/mol. The van der Waals surface area contributed by atoms with Gasteiger partial charge >= 0.3 is 0 Å². The highest BCUT2D eigenvalue weighted by Gasteiger charge is 2.38. The molecule has 0 aromatic rings. The van der Waals surface area contributed by atoms with Gasteiger partial charge in [0.05, 0.1) is 11.5 Å². The van der Waals surface area contributed by atoms with Crippen molar-refractivity contribution in [1.29, 1.82) is 5.26 Å². The number of rotatable bonds is 3. The molecule has 0 amide bonds. The maximum absolute atomic E-state index is 9.23. The summed E-state index contributed by atoms with van der Waals surface area (Å²) in [6.07, 6.45) is 5.84. The second-order valence-corrected chi connectivity index (χ2v) is 4.96. The fraction of sp³-hybridized carbons (Fsp3) is 0.917. The first-order valence-corrected chi connectivity index (χ1v) is 5.53. The Balaban J connectivity index is 2.57.